The number of amides is 1. The number of nitrogens with zero attached hydrogens (tertiary/aromatic N) is 3. The van der Waals surface area contributed by atoms with Crippen molar-refractivity contribution in [3.05, 3.63) is 87.2 Å². The van der Waals surface area contributed by atoms with Gasteiger partial charge in [0.2, 0.25) is 10.9 Å². The summed E-state index contributed by atoms with van der Waals surface area (Å²) < 4.78 is 17.5. The number of anilines is 1. The summed E-state index contributed by atoms with van der Waals surface area (Å²) in [5, 5.41) is 10.0. The third kappa shape index (κ3) is 3.87. The van der Waals surface area contributed by atoms with E-state index in [4.69, 9.17) is 13.9 Å². The first-order chi connectivity index (χ1) is 17.1. The molecular formula is C26H23N3O5S. The van der Waals surface area contributed by atoms with Gasteiger partial charge >= 0.3 is 0 Å². The summed E-state index contributed by atoms with van der Waals surface area (Å²) in [7, 11) is 0. The SMILES string of the molecule is C=CCOc1ccc(C2c3c(oc4ccccc4c3=O)C(=O)N2c2nnc(CC)s2)cc1OCC. The first kappa shape index (κ1) is 22.8. The fourth-order valence-electron chi connectivity index (χ4n) is 4.15. The topological polar surface area (TPSA) is 94.8 Å². The third-order valence-electron chi connectivity index (χ3n) is 5.68. The van der Waals surface area contributed by atoms with Crippen LogP contribution in [-0.2, 0) is 6.42 Å². The van der Waals surface area contributed by atoms with Crippen molar-refractivity contribution in [3.8, 4) is 11.5 Å². The number of aryl methyl sites for hydroxylation is 1. The molecule has 0 saturated carbocycles. The average Bonchev–Trinajstić information content (AvgIpc) is 3.46. The number of aromatic nitrogens is 2. The lowest BCUT2D eigenvalue weighted by Crippen LogP contribution is -2.29. The molecule has 8 nitrogen and oxygen atoms in total. The number of para-hydroxylation sites is 1. The highest BCUT2D eigenvalue weighted by atomic mass is 32.1. The molecule has 1 atom stereocenters. The molecule has 1 aliphatic rings. The average molecular weight is 490 g/mol. The van der Waals surface area contributed by atoms with E-state index in [9.17, 15) is 9.59 Å². The van der Waals surface area contributed by atoms with Gasteiger partial charge < -0.3 is 13.9 Å². The predicted molar refractivity (Wildman–Crippen MR) is 134 cm³/mol. The minimum Gasteiger partial charge on any atom is -0.490 e. The smallest absolute Gasteiger partial charge is 0.297 e. The summed E-state index contributed by atoms with van der Waals surface area (Å²) in [5.41, 5.74) is 1.04. The van der Waals surface area contributed by atoms with E-state index < -0.39 is 11.9 Å². The van der Waals surface area contributed by atoms with Gasteiger partial charge in [0, 0.05) is 0 Å². The summed E-state index contributed by atoms with van der Waals surface area (Å²) in [6, 6.07) is 11.5. The van der Waals surface area contributed by atoms with Gasteiger partial charge in [-0.05, 0) is 43.2 Å². The van der Waals surface area contributed by atoms with Gasteiger partial charge in [0.05, 0.1) is 23.6 Å². The molecule has 0 bridgehead atoms. The van der Waals surface area contributed by atoms with Crippen molar-refractivity contribution in [3.63, 3.8) is 0 Å². The maximum Gasteiger partial charge on any atom is 0.297 e. The van der Waals surface area contributed by atoms with E-state index in [1.807, 2.05) is 19.9 Å². The molecule has 2 aromatic heterocycles. The van der Waals surface area contributed by atoms with Crippen molar-refractivity contribution in [2.45, 2.75) is 26.3 Å². The summed E-state index contributed by atoms with van der Waals surface area (Å²) in [4.78, 5) is 28.8. The number of hydrogen-bond donors (Lipinski definition) is 0. The van der Waals surface area contributed by atoms with Gasteiger partial charge in [-0.2, -0.15) is 0 Å². The number of hydrogen-bond acceptors (Lipinski definition) is 8. The standard InChI is InChI=1S/C26H23N3O5S/c1-4-13-33-18-12-11-15(14-19(18)32-6-3)22-21-23(30)16-9-7-8-10-17(16)34-24(21)25(31)29(22)26-28-27-20(5-2)35-26/h4,7-12,14,22H,1,5-6,13H2,2-3H3. The first-order valence-corrected chi connectivity index (χ1v) is 12.1. The monoisotopic (exact) mass is 489 g/mol. The summed E-state index contributed by atoms with van der Waals surface area (Å²) in [6.45, 7) is 8.26. The van der Waals surface area contributed by atoms with Gasteiger partial charge in [0.15, 0.2) is 16.9 Å². The molecule has 4 aromatic rings. The van der Waals surface area contributed by atoms with E-state index in [1.165, 1.54) is 16.2 Å². The number of benzene rings is 2. The molecule has 0 N–H and O–H groups in total. The highest BCUT2D eigenvalue weighted by Gasteiger charge is 2.45. The van der Waals surface area contributed by atoms with Gasteiger partial charge in [0.25, 0.3) is 5.91 Å². The molecule has 3 heterocycles. The van der Waals surface area contributed by atoms with Crippen molar-refractivity contribution < 1.29 is 18.7 Å². The van der Waals surface area contributed by atoms with Crippen LogP contribution in [-0.4, -0.2) is 29.3 Å². The van der Waals surface area contributed by atoms with Crippen LogP contribution in [0.4, 0.5) is 5.13 Å². The maximum absolute atomic E-state index is 13.7. The summed E-state index contributed by atoms with van der Waals surface area (Å²) in [6.07, 6.45) is 2.33. The van der Waals surface area contributed by atoms with E-state index in [-0.39, 0.29) is 16.8 Å². The van der Waals surface area contributed by atoms with Crippen molar-refractivity contribution >= 4 is 33.3 Å². The lowest BCUT2D eigenvalue weighted by molar-refractivity contribution is 0.0970. The van der Waals surface area contributed by atoms with Crippen LogP contribution in [0, 0.1) is 0 Å². The Hall–Kier alpha value is -3.98. The Kier molecular flexibility index (Phi) is 6.08. The molecule has 2 aromatic carbocycles. The van der Waals surface area contributed by atoms with Crippen LogP contribution in [0.5, 0.6) is 11.5 Å². The number of carbonyl (C=O) groups excluding carboxylic acids is 1. The van der Waals surface area contributed by atoms with Crippen molar-refractivity contribution in [2.24, 2.45) is 0 Å². The lowest BCUT2D eigenvalue weighted by Gasteiger charge is -2.23. The third-order valence-corrected chi connectivity index (χ3v) is 6.75. The number of rotatable bonds is 8. The van der Waals surface area contributed by atoms with E-state index in [1.54, 1.807) is 42.5 Å². The van der Waals surface area contributed by atoms with Gasteiger partial charge in [-0.25, -0.2) is 0 Å². The Balaban J connectivity index is 1.73. The zero-order chi connectivity index (χ0) is 24.5. The molecule has 1 aliphatic heterocycles. The maximum atomic E-state index is 13.7. The first-order valence-electron chi connectivity index (χ1n) is 11.3. The van der Waals surface area contributed by atoms with Crippen LogP contribution < -0.4 is 19.8 Å². The molecule has 0 fully saturated rings. The predicted octanol–water partition coefficient (Wildman–Crippen LogP) is 4.92. The number of carbonyl (C=O) groups is 1. The molecule has 35 heavy (non-hydrogen) atoms. The number of fused-ring (bicyclic) bond motifs is 2. The Bertz CT molecular complexity index is 1490. The highest BCUT2D eigenvalue weighted by molar-refractivity contribution is 7.15. The molecule has 0 radical (unpaired) electrons. The molecule has 5 rings (SSSR count). The molecule has 178 valence electrons. The van der Waals surface area contributed by atoms with Crippen LogP contribution in [0.2, 0.25) is 0 Å². The second-order valence-corrected chi connectivity index (χ2v) is 8.86. The van der Waals surface area contributed by atoms with Gasteiger partial charge in [-0.3, -0.25) is 14.5 Å². The van der Waals surface area contributed by atoms with Crippen LogP contribution >= 0.6 is 11.3 Å². The van der Waals surface area contributed by atoms with Crippen LogP contribution in [0.15, 0.2) is 64.3 Å². The quantitative estimate of drug-likeness (QED) is 0.324. The summed E-state index contributed by atoms with van der Waals surface area (Å²) >= 11 is 1.31. The fraction of sp³-hybridized carbons (Fsp3) is 0.231. The molecular weight excluding hydrogens is 466 g/mol. The largest absolute Gasteiger partial charge is 0.490 e. The van der Waals surface area contributed by atoms with Crippen LogP contribution in [0.3, 0.4) is 0 Å². The van der Waals surface area contributed by atoms with Crippen molar-refractivity contribution in [1.82, 2.24) is 10.2 Å². The van der Waals surface area contributed by atoms with E-state index >= 15 is 0 Å². The zero-order valence-corrected chi connectivity index (χ0v) is 20.1. The number of ether oxygens (including phenoxy) is 2. The fourth-order valence-corrected chi connectivity index (χ4v) is 4.95. The molecule has 9 heteroatoms. The normalized spacial score (nSPS) is 14.9. The molecule has 0 aliphatic carbocycles. The minimum atomic E-state index is -0.760. The lowest BCUT2D eigenvalue weighted by atomic mass is 9.98. The van der Waals surface area contributed by atoms with Crippen LogP contribution in [0.25, 0.3) is 11.0 Å². The van der Waals surface area contributed by atoms with Gasteiger partial charge in [-0.1, -0.05) is 49.1 Å². The summed E-state index contributed by atoms with van der Waals surface area (Å²) in [5.74, 6) is 0.624. The second-order valence-electron chi connectivity index (χ2n) is 7.82. The highest BCUT2D eigenvalue weighted by Crippen LogP contribution is 2.44. The van der Waals surface area contributed by atoms with E-state index in [0.29, 0.717) is 52.8 Å². The second kappa shape index (κ2) is 9.34. The van der Waals surface area contributed by atoms with E-state index in [2.05, 4.69) is 16.8 Å². The minimum absolute atomic E-state index is 0.0110. The molecule has 0 saturated heterocycles. The van der Waals surface area contributed by atoms with Crippen molar-refractivity contribution in [1.29, 1.82) is 0 Å². The van der Waals surface area contributed by atoms with Gasteiger partial charge in [0.1, 0.15) is 17.2 Å². The Morgan fingerprint density at radius 3 is 2.69 bits per heavy atom. The zero-order valence-electron chi connectivity index (χ0n) is 19.3. The van der Waals surface area contributed by atoms with Gasteiger partial charge in [-0.15, -0.1) is 10.2 Å². The van der Waals surface area contributed by atoms with Crippen LogP contribution in [0.1, 0.15) is 46.6 Å². The van der Waals surface area contributed by atoms with E-state index in [0.717, 1.165) is 5.01 Å². The Morgan fingerprint density at radius 1 is 1.11 bits per heavy atom. The Labute approximate surface area is 205 Å². The Morgan fingerprint density at radius 2 is 1.94 bits per heavy atom. The van der Waals surface area contributed by atoms with Crippen molar-refractivity contribution in [2.75, 3.05) is 18.1 Å². The molecule has 0 spiro atoms. The molecule has 1 amide bonds. The molecule has 1 unspecified atom stereocenters.